The lowest BCUT2D eigenvalue weighted by Gasteiger charge is -2.18. The lowest BCUT2D eigenvalue weighted by atomic mass is 10.1. The molecule has 1 aliphatic rings. The number of aromatic nitrogens is 2. The molecule has 34 heavy (non-hydrogen) atoms. The number of nitrogens with one attached hydrogen (secondary N) is 1. The Hall–Kier alpha value is -3.46. The monoisotopic (exact) mass is 509 g/mol. The van der Waals surface area contributed by atoms with E-state index in [1.54, 1.807) is 29.2 Å². The van der Waals surface area contributed by atoms with Gasteiger partial charge in [-0.2, -0.15) is 5.10 Å². The van der Waals surface area contributed by atoms with Crippen LogP contribution >= 0.6 is 34.5 Å². The summed E-state index contributed by atoms with van der Waals surface area (Å²) in [6, 6.07) is 14.7. The molecule has 2 aromatic heterocycles. The van der Waals surface area contributed by atoms with Crippen molar-refractivity contribution in [2.24, 2.45) is 10.1 Å². The second-order valence-electron chi connectivity index (χ2n) is 7.40. The lowest BCUT2D eigenvalue weighted by molar-refractivity contribution is -0.118. The van der Waals surface area contributed by atoms with Gasteiger partial charge < -0.3 is 10.1 Å². The Labute approximate surface area is 209 Å². The number of thiazole rings is 1. The first-order chi connectivity index (χ1) is 16.5. The van der Waals surface area contributed by atoms with Gasteiger partial charge in [-0.1, -0.05) is 29.3 Å². The van der Waals surface area contributed by atoms with Crippen LogP contribution in [0.5, 0.6) is 5.75 Å². The van der Waals surface area contributed by atoms with Gasteiger partial charge in [-0.3, -0.25) is 9.78 Å². The quantitative estimate of drug-likeness (QED) is 0.355. The van der Waals surface area contributed by atoms with Gasteiger partial charge in [0.05, 0.1) is 39.0 Å². The normalized spacial score (nSPS) is 13.9. The van der Waals surface area contributed by atoms with Crippen molar-refractivity contribution in [2.75, 3.05) is 11.9 Å². The average molecular weight is 510 g/mol. The molecule has 0 unspecified atom stereocenters. The molecule has 0 fully saturated rings. The van der Waals surface area contributed by atoms with E-state index in [4.69, 9.17) is 38.0 Å². The first-order valence-corrected chi connectivity index (χ1v) is 11.8. The highest BCUT2D eigenvalue weighted by Crippen LogP contribution is 2.33. The van der Waals surface area contributed by atoms with Gasteiger partial charge in [-0.25, -0.2) is 9.67 Å². The number of carbonyl (C=O) groups excluding carboxylic acids is 1. The smallest absolute Gasteiger partial charge is 0.262 e. The second-order valence-corrected chi connectivity index (χ2v) is 9.05. The molecular weight excluding hydrogens is 493 g/mol. The summed E-state index contributed by atoms with van der Waals surface area (Å²) >= 11 is 13.7. The zero-order valence-electron chi connectivity index (χ0n) is 17.8. The minimum atomic E-state index is -0.191. The van der Waals surface area contributed by atoms with Crippen LogP contribution in [0.25, 0.3) is 11.3 Å². The molecular formula is C24H17Cl2N5O2S. The predicted molar refractivity (Wildman–Crippen MR) is 135 cm³/mol. The molecule has 1 N–H and O–H groups in total. The van der Waals surface area contributed by atoms with Crippen LogP contribution in [0.15, 0.2) is 76.4 Å². The van der Waals surface area contributed by atoms with E-state index in [-0.39, 0.29) is 12.5 Å². The summed E-state index contributed by atoms with van der Waals surface area (Å²) in [5.41, 5.74) is 4.52. The van der Waals surface area contributed by atoms with E-state index in [0.717, 1.165) is 22.5 Å². The maximum absolute atomic E-state index is 11.8. The minimum absolute atomic E-state index is 0.00603. The molecule has 0 bridgehead atoms. The largest absolute Gasteiger partial charge is 0.482 e. The maximum Gasteiger partial charge on any atom is 0.262 e. The number of ether oxygens (including phenoxy) is 1. The number of hydrogen-bond acceptors (Lipinski definition) is 6. The molecule has 1 aliphatic heterocycles. The molecule has 3 heterocycles. The van der Waals surface area contributed by atoms with E-state index in [1.165, 1.54) is 11.3 Å². The van der Waals surface area contributed by atoms with Crippen molar-refractivity contribution in [1.82, 2.24) is 9.66 Å². The van der Waals surface area contributed by atoms with Gasteiger partial charge in [0.25, 0.3) is 5.91 Å². The van der Waals surface area contributed by atoms with Gasteiger partial charge in [0.1, 0.15) is 5.75 Å². The van der Waals surface area contributed by atoms with Crippen LogP contribution in [0, 0.1) is 0 Å². The maximum atomic E-state index is 11.8. The van der Waals surface area contributed by atoms with Crippen LogP contribution < -0.4 is 14.9 Å². The highest BCUT2D eigenvalue weighted by molar-refractivity contribution is 7.07. The molecule has 2 aromatic carbocycles. The van der Waals surface area contributed by atoms with Gasteiger partial charge >= 0.3 is 0 Å². The summed E-state index contributed by atoms with van der Waals surface area (Å²) in [7, 11) is 0. The molecule has 7 nitrogen and oxygen atoms in total. The minimum Gasteiger partial charge on any atom is -0.482 e. The predicted octanol–water partition coefficient (Wildman–Crippen LogP) is 5.75. The van der Waals surface area contributed by atoms with Crippen LogP contribution in [0.2, 0.25) is 10.0 Å². The van der Waals surface area contributed by atoms with Gasteiger partial charge in [-0.05, 0) is 55.0 Å². The van der Waals surface area contributed by atoms with Crippen LogP contribution in [-0.4, -0.2) is 27.9 Å². The molecule has 10 heteroatoms. The summed E-state index contributed by atoms with van der Waals surface area (Å²) in [6.45, 7) is 1.90. The summed E-state index contributed by atoms with van der Waals surface area (Å²) in [4.78, 5) is 21.3. The first-order valence-electron chi connectivity index (χ1n) is 10.2. The van der Waals surface area contributed by atoms with Gasteiger partial charge in [0.2, 0.25) is 4.80 Å². The molecule has 0 saturated carbocycles. The summed E-state index contributed by atoms with van der Waals surface area (Å²) in [6.07, 6.45) is 3.38. The molecule has 170 valence electrons. The number of nitrogens with zero attached hydrogens (tertiary/aromatic N) is 4. The van der Waals surface area contributed by atoms with Crippen molar-refractivity contribution < 1.29 is 9.53 Å². The average Bonchev–Trinajstić information content (AvgIpc) is 3.22. The topological polar surface area (TPSA) is 80.9 Å². The van der Waals surface area contributed by atoms with Crippen LogP contribution in [0.3, 0.4) is 0 Å². The molecule has 0 atom stereocenters. The van der Waals surface area contributed by atoms with E-state index in [9.17, 15) is 4.79 Å². The van der Waals surface area contributed by atoms with Gasteiger partial charge in [0.15, 0.2) is 6.61 Å². The second kappa shape index (κ2) is 9.42. The fourth-order valence-electron chi connectivity index (χ4n) is 3.37. The Kier molecular flexibility index (Phi) is 6.19. The molecule has 0 saturated heterocycles. The fourth-order valence-corrected chi connectivity index (χ4v) is 4.52. The third-order valence-electron chi connectivity index (χ3n) is 5.05. The molecule has 0 spiro atoms. The zero-order valence-corrected chi connectivity index (χ0v) is 20.2. The third kappa shape index (κ3) is 4.61. The standard InChI is InChI=1S/C24H17Cl2N5O2S/c1-14(15-4-6-18(25)19(26)9-15)30-31-21(13-34-24(31)28-17-3-2-8-27-11-17)16-5-7-22-20(10-16)29-23(32)12-33-22/h2-11,13H,12H2,1H3,(H,29,32). The SMILES string of the molecule is CC(=Nn1c(-c2ccc3c(c2)NC(=O)CO3)csc1=Nc1cccnc1)c1ccc(Cl)c(Cl)c1. The third-order valence-corrected chi connectivity index (χ3v) is 6.61. The highest BCUT2D eigenvalue weighted by Gasteiger charge is 2.18. The molecule has 0 radical (unpaired) electrons. The number of amides is 1. The number of carbonyl (C=O) groups is 1. The molecule has 5 rings (SSSR count). The van der Waals surface area contributed by atoms with Crippen molar-refractivity contribution in [1.29, 1.82) is 0 Å². The Balaban J connectivity index is 1.66. The van der Waals surface area contributed by atoms with Crippen LogP contribution in [0.1, 0.15) is 12.5 Å². The summed E-state index contributed by atoms with van der Waals surface area (Å²) < 4.78 is 7.26. The summed E-state index contributed by atoms with van der Waals surface area (Å²) in [5, 5.41) is 10.6. The van der Waals surface area contributed by atoms with E-state index >= 15 is 0 Å². The Morgan fingerprint density at radius 2 is 2.06 bits per heavy atom. The Morgan fingerprint density at radius 3 is 2.85 bits per heavy atom. The molecule has 1 amide bonds. The highest BCUT2D eigenvalue weighted by atomic mass is 35.5. The fraction of sp³-hybridized carbons (Fsp3) is 0.0833. The van der Waals surface area contributed by atoms with Crippen molar-refractivity contribution in [3.8, 4) is 17.0 Å². The van der Waals surface area contributed by atoms with E-state index in [2.05, 4.69) is 10.3 Å². The Morgan fingerprint density at radius 1 is 1.18 bits per heavy atom. The zero-order chi connectivity index (χ0) is 23.7. The van der Waals surface area contributed by atoms with Crippen molar-refractivity contribution in [2.45, 2.75) is 6.92 Å². The molecule has 0 aliphatic carbocycles. The van der Waals surface area contributed by atoms with Crippen LogP contribution in [-0.2, 0) is 4.79 Å². The number of pyridine rings is 1. The summed E-state index contributed by atoms with van der Waals surface area (Å²) in [5.74, 6) is 0.435. The Bertz CT molecular complexity index is 1490. The van der Waals surface area contributed by atoms with Gasteiger partial charge in [0, 0.05) is 17.1 Å². The number of anilines is 1. The van der Waals surface area contributed by atoms with Crippen molar-refractivity contribution in [3.63, 3.8) is 0 Å². The van der Waals surface area contributed by atoms with Gasteiger partial charge in [-0.15, -0.1) is 11.3 Å². The van der Waals surface area contributed by atoms with Crippen molar-refractivity contribution >= 4 is 57.5 Å². The first kappa shape index (κ1) is 22.3. The number of rotatable bonds is 4. The van der Waals surface area contributed by atoms with E-state index in [1.807, 2.05) is 48.7 Å². The van der Waals surface area contributed by atoms with Crippen molar-refractivity contribution in [3.05, 3.63) is 86.7 Å². The number of fused-ring (bicyclic) bond motifs is 1. The number of hydrogen-bond donors (Lipinski definition) is 1. The lowest BCUT2D eigenvalue weighted by Crippen LogP contribution is -2.25. The van der Waals surface area contributed by atoms with Crippen LogP contribution in [0.4, 0.5) is 11.4 Å². The number of benzene rings is 2. The van der Waals surface area contributed by atoms with E-state index < -0.39 is 0 Å². The molecule has 4 aromatic rings. The van der Waals surface area contributed by atoms with E-state index in [0.29, 0.717) is 32.0 Å². The number of halogens is 2.